The Morgan fingerprint density at radius 2 is 1.59 bits per heavy atom. The number of carbonyl (C=O) groups is 3. The van der Waals surface area contributed by atoms with E-state index in [4.69, 9.17) is 9.47 Å². The van der Waals surface area contributed by atoms with E-state index < -0.39 is 24.1 Å². The Morgan fingerprint density at radius 1 is 0.938 bits per heavy atom. The molecule has 2 atom stereocenters. The number of carbonyl (C=O) groups excluding carboxylic acids is 3. The van der Waals surface area contributed by atoms with E-state index in [1.807, 2.05) is 53.4 Å². The summed E-state index contributed by atoms with van der Waals surface area (Å²) in [6.07, 6.45) is -0.696. The van der Waals surface area contributed by atoms with E-state index >= 15 is 0 Å². The Morgan fingerprint density at radius 3 is 2.28 bits per heavy atom. The Balaban J connectivity index is 1.41. The van der Waals surface area contributed by atoms with Crippen molar-refractivity contribution < 1.29 is 23.9 Å². The number of benzene rings is 2. The molecule has 0 radical (unpaired) electrons. The van der Waals surface area contributed by atoms with Crippen LogP contribution in [0.4, 0.5) is 4.79 Å². The lowest BCUT2D eigenvalue weighted by Crippen LogP contribution is -2.56. The summed E-state index contributed by atoms with van der Waals surface area (Å²) in [4.78, 5) is 41.3. The van der Waals surface area contributed by atoms with Gasteiger partial charge in [-0.2, -0.15) is 0 Å². The molecule has 2 aromatic rings. The zero-order valence-corrected chi connectivity index (χ0v) is 17.8. The van der Waals surface area contributed by atoms with Gasteiger partial charge in [-0.25, -0.2) is 4.79 Å². The third-order valence-corrected chi connectivity index (χ3v) is 5.60. The number of hydrogen-bond acceptors (Lipinski definition) is 6. The molecule has 2 N–H and O–H groups in total. The number of nitrogens with one attached hydrogen (secondary N) is 2. The van der Waals surface area contributed by atoms with Crippen LogP contribution in [0.15, 0.2) is 54.6 Å². The first-order chi connectivity index (χ1) is 15.6. The highest BCUT2D eigenvalue weighted by molar-refractivity contribution is 5.97. The van der Waals surface area contributed by atoms with Gasteiger partial charge in [0.1, 0.15) is 12.6 Å². The predicted octanol–water partition coefficient (Wildman–Crippen LogP) is 1.17. The topological polar surface area (TPSA) is 100 Å². The molecular formula is C23H26N4O5. The van der Waals surface area contributed by atoms with Gasteiger partial charge in [-0.3, -0.25) is 19.8 Å². The van der Waals surface area contributed by atoms with Crippen LogP contribution in [0.2, 0.25) is 0 Å². The van der Waals surface area contributed by atoms with Crippen molar-refractivity contribution in [3.05, 3.63) is 60.2 Å². The van der Waals surface area contributed by atoms with Gasteiger partial charge in [0.2, 0.25) is 12.0 Å². The van der Waals surface area contributed by atoms with Crippen LogP contribution in [-0.2, 0) is 9.59 Å². The van der Waals surface area contributed by atoms with Crippen LogP contribution in [0, 0.1) is 0 Å². The largest absolute Gasteiger partial charge is 0.485 e. The lowest BCUT2D eigenvalue weighted by molar-refractivity contribution is -0.143. The summed E-state index contributed by atoms with van der Waals surface area (Å²) in [5, 5.41) is 4.78. The summed E-state index contributed by atoms with van der Waals surface area (Å²) in [6, 6.07) is 15.4. The summed E-state index contributed by atoms with van der Waals surface area (Å²) in [5.41, 5.74) is 0.786. The summed E-state index contributed by atoms with van der Waals surface area (Å²) in [5.74, 6) is 0.654. The molecule has 2 heterocycles. The number of nitrogens with zero attached hydrogens (tertiary/aromatic N) is 2. The Labute approximate surface area is 186 Å². The molecule has 2 aliphatic rings. The first-order valence-corrected chi connectivity index (χ1v) is 10.6. The highest BCUT2D eigenvalue weighted by atomic mass is 16.6. The van der Waals surface area contributed by atoms with E-state index in [1.54, 1.807) is 11.0 Å². The minimum absolute atomic E-state index is 0.134. The number of hydrogen-bond donors (Lipinski definition) is 2. The maximum atomic E-state index is 13.0. The number of amides is 4. The fraction of sp³-hybridized carbons (Fsp3) is 0.348. The lowest BCUT2D eigenvalue weighted by atomic mass is 10.0. The molecule has 9 heteroatoms. The van der Waals surface area contributed by atoms with Gasteiger partial charge in [-0.05, 0) is 17.7 Å². The van der Waals surface area contributed by atoms with Crippen LogP contribution in [0.5, 0.6) is 11.5 Å². The second-order valence-electron chi connectivity index (χ2n) is 7.61. The van der Waals surface area contributed by atoms with Crippen molar-refractivity contribution in [2.24, 2.45) is 0 Å². The van der Waals surface area contributed by atoms with Crippen LogP contribution in [0.3, 0.4) is 0 Å². The molecule has 9 nitrogen and oxygen atoms in total. The van der Waals surface area contributed by atoms with Crippen LogP contribution < -0.4 is 20.1 Å². The van der Waals surface area contributed by atoms with Gasteiger partial charge in [0.15, 0.2) is 11.5 Å². The van der Waals surface area contributed by atoms with Gasteiger partial charge in [-0.1, -0.05) is 42.5 Å². The maximum absolute atomic E-state index is 13.0. The monoisotopic (exact) mass is 438 g/mol. The molecule has 2 aromatic carbocycles. The van der Waals surface area contributed by atoms with Gasteiger partial charge < -0.3 is 19.7 Å². The van der Waals surface area contributed by atoms with Gasteiger partial charge in [0.05, 0.1) is 0 Å². The van der Waals surface area contributed by atoms with Crippen LogP contribution in [0.1, 0.15) is 11.6 Å². The van der Waals surface area contributed by atoms with E-state index in [9.17, 15) is 14.4 Å². The Kier molecular flexibility index (Phi) is 6.55. The smallest absolute Gasteiger partial charge is 0.321 e. The molecule has 4 rings (SSSR count). The van der Waals surface area contributed by atoms with Crippen molar-refractivity contribution in [3.8, 4) is 11.5 Å². The summed E-state index contributed by atoms with van der Waals surface area (Å²) < 4.78 is 11.5. The minimum atomic E-state index is -0.696. The normalized spacial score (nSPS) is 19.0. The van der Waals surface area contributed by atoms with Crippen molar-refractivity contribution in [2.45, 2.75) is 12.1 Å². The van der Waals surface area contributed by atoms with Crippen LogP contribution in [-0.4, -0.2) is 73.6 Å². The van der Waals surface area contributed by atoms with Crippen molar-refractivity contribution in [3.63, 3.8) is 0 Å². The number of imide groups is 1. The number of urea groups is 1. The highest BCUT2D eigenvalue weighted by Gasteiger charge is 2.36. The molecule has 4 amide bonds. The summed E-state index contributed by atoms with van der Waals surface area (Å²) in [6.45, 7) is 2.01. The number of para-hydroxylation sites is 2. The number of rotatable bonds is 4. The maximum Gasteiger partial charge on any atom is 0.321 e. The quantitative estimate of drug-likeness (QED) is 0.743. The molecule has 0 aliphatic carbocycles. The van der Waals surface area contributed by atoms with E-state index in [1.165, 1.54) is 7.05 Å². The fourth-order valence-electron chi connectivity index (χ4n) is 3.95. The van der Waals surface area contributed by atoms with Gasteiger partial charge in [0, 0.05) is 33.2 Å². The first-order valence-electron chi connectivity index (χ1n) is 10.6. The average Bonchev–Trinajstić information content (AvgIpc) is 2.84. The molecule has 0 bridgehead atoms. The molecule has 0 aromatic heterocycles. The van der Waals surface area contributed by atoms with E-state index in [2.05, 4.69) is 10.6 Å². The van der Waals surface area contributed by atoms with Crippen molar-refractivity contribution in [1.29, 1.82) is 0 Å². The highest BCUT2D eigenvalue weighted by Crippen LogP contribution is 2.31. The molecular weight excluding hydrogens is 412 g/mol. The van der Waals surface area contributed by atoms with Crippen LogP contribution in [0.25, 0.3) is 0 Å². The van der Waals surface area contributed by atoms with E-state index in [0.29, 0.717) is 37.7 Å². The van der Waals surface area contributed by atoms with Gasteiger partial charge >= 0.3 is 6.03 Å². The lowest BCUT2D eigenvalue weighted by Gasteiger charge is -2.40. The number of ether oxygens (including phenoxy) is 2. The van der Waals surface area contributed by atoms with Gasteiger partial charge in [0.25, 0.3) is 5.91 Å². The third-order valence-electron chi connectivity index (χ3n) is 5.60. The van der Waals surface area contributed by atoms with Crippen molar-refractivity contribution in [1.82, 2.24) is 20.4 Å². The Bertz CT molecular complexity index is 975. The molecule has 1 fully saturated rings. The van der Waals surface area contributed by atoms with Crippen molar-refractivity contribution in [2.75, 3.05) is 39.8 Å². The van der Waals surface area contributed by atoms with E-state index in [0.717, 1.165) is 5.56 Å². The SMILES string of the molecule is CNC(=O)NC(=O)C(c1ccccc1)N1CCN(C(=O)C2COc3ccccc3O2)CC1. The molecule has 2 aliphatic heterocycles. The zero-order chi connectivity index (χ0) is 22.5. The number of piperazine rings is 1. The standard InChI is InChI=1S/C23H26N4O5/c1-24-23(30)25-21(28)20(16-7-3-2-4-8-16)26-11-13-27(14-12-26)22(29)19-15-31-17-9-5-6-10-18(17)32-19/h2-10,19-20H,11-15H2,1H3,(H2,24,25,28,30). The summed E-state index contributed by atoms with van der Waals surface area (Å²) in [7, 11) is 1.46. The Hall–Kier alpha value is -3.59. The fourth-order valence-corrected chi connectivity index (χ4v) is 3.95. The zero-order valence-electron chi connectivity index (χ0n) is 17.8. The molecule has 168 valence electrons. The second kappa shape index (κ2) is 9.69. The number of fused-ring (bicyclic) bond motifs is 1. The first kappa shape index (κ1) is 21.6. The third kappa shape index (κ3) is 4.67. The molecule has 2 unspecified atom stereocenters. The predicted molar refractivity (Wildman–Crippen MR) is 116 cm³/mol. The van der Waals surface area contributed by atoms with Crippen molar-refractivity contribution >= 4 is 17.8 Å². The van der Waals surface area contributed by atoms with E-state index in [-0.39, 0.29) is 12.5 Å². The summed E-state index contributed by atoms with van der Waals surface area (Å²) >= 11 is 0. The van der Waals surface area contributed by atoms with Gasteiger partial charge in [-0.15, -0.1) is 0 Å². The molecule has 0 saturated carbocycles. The van der Waals surface area contributed by atoms with Crippen LogP contribution >= 0.6 is 0 Å². The molecule has 1 saturated heterocycles. The minimum Gasteiger partial charge on any atom is -0.485 e. The second-order valence-corrected chi connectivity index (χ2v) is 7.61. The average molecular weight is 438 g/mol. The molecule has 0 spiro atoms. The molecule has 32 heavy (non-hydrogen) atoms.